The zero-order valence-corrected chi connectivity index (χ0v) is 14.0. The molecule has 0 aliphatic heterocycles. The van der Waals surface area contributed by atoms with Crippen molar-refractivity contribution in [1.82, 2.24) is 0 Å². The molecule has 0 aromatic carbocycles. The molecule has 0 rings (SSSR count). The maximum atomic E-state index is 0. The van der Waals surface area contributed by atoms with Gasteiger partial charge in [-0.1, -0.05) is 0 Å². The molecule has 0 spiro atoms. The van der Waals surface area contributed by atoms with E-state index in [9.17, 15) is 0 Å². The molecule has 0 fully saturated rings. The van der Waals surface area contributed by atoms with Gasteiger partial charge in [0.15, 0.2) is 0 Å². The molecule has 6 heteroatoms. The van der Waals surface area contributed by atoms with Crippen LogP contribution in [0.5, 0.6) is 0 Å². The molecule has 0 nitrogen and oxygen atoms in total. The first kappa shape index (κ1) is 62.8. The van der Waals surface area contributed by atoms with Gasteiger partial charge in [-0.15, -0.1) is 0 Å². The van der Waals surface area contributed by atoms with E-state index in [2.05, 4.69) is 0 Å². The minimum Gasteiger partial charge on any atom is 0 e. The van der Waals surface area contributed by atoms with E-state index in [-0.39, 0.29) is 102 Å². The predicted molar refractivity (Wildman–Crippen MR) is 23.0 cm³/mol. The third kappa shape index (κ3) is 27.7. The molecular formula is Al3SiZn2. The third-order valence-electron chi connectivity index (χ3n) is 0. The molecule has 0 saturated carbocycles. The number of hydrogen-bond donors (Lipinski definition) is 0. The molecule has 0 atom stereocenters. The molecule has 6 heavy (non-hydrogen) atoms. The summed E-state index contributed by atoms with van der Waals surface area (Å²) in [6.45, 7) is 0. The molecule has 0 amide bonds. The Labute approximate surface area is 101 Å². The van der Waals surface area contributed by atoms with Crippen molar-refractivity contribution in [3.05, 3.63) is 0 Å². The van der Waals surface area contributed by atoms with E-state index in [1.807, 2.05) is 0 Å². The van der Waals surface area contributed by atoms with Crippen molar-refractivity contribution >= 4 is 63.0 Å². The van der Waals surface area contributed by atoms with E-state index in [0.717, 1.165) is 0 Å². The normalized spacial score (nSPS) is 0. The summed E-state index contributed by atoms with van der Waals surface area (Å²) in [5.74, 6) is 0. The van der Waals surface area contributed by atoms with Crippen molar-refractivity contribution in [3.63, 3.8) is 0 Å². The van der Waals surface area contributed by atoms with Gasteiger partial charge >= 0.3 is 0 Å². The van der Waals surface area contributed by atoms with Crippen molar-refractivity contribution in [2.45, 2.75) is 0 Å². The summed E-state index contributed by atoms with van der Waals surface area (Å²) in [5.41, 5.74) is 0. The monoisotopic (exact) mass is 237 g/mol. The van der Waals surface area contributed by atoms with Gasteiger partial charge in [0.2, 0.25) is 0 Å². The van der Waals surface area contributed by atoms with Gasteiger partial charge in [0.25, 0.3) is 0 Å². The topological polar surface area (TPSA) is 0 Å². The van der Waals surface area contributed by atoms with Gasteiger partial charge in [0.1, 0.15) is 0 Å². The molecule has 0 heterocycles. The van der Waals surface area contributed by atoms with E-state index in [0.29, 0.717) is 0 Å². The molecule has 0 aliphatic carbocycles. The summed E-state index contributed by atoms with van der Waals surface area (Å²) in [6.07, 6.45) is 0. The van der Waals surface area contributed by atoms with E-state index < -0.39 is 0 Å². The van der Waals surface area contributed by atoms with Crippen LogP contribution in [-0.2, 0) is 39.0 Å². The Morgan fingerprint density at radius 3 is 0.500 bits per heavy atom. The van der Waals surface area contributed by atoms with Crippen LogP contribution in [-0.4, -0.2) is 63.0 Å². The minimum atomic E-state index is 0. The SMILES string of the molecule is [Al].[Al].[Al].[Si].[Zn].[Zn]. The summed E-state index contributed by atoms with van der Waals surface area (Å²) in [7, 11) is 0. The van der Waals surface area contributed by atoms with Gasteiger partial charge in [-0.25, -0.2) is 0 Å². The van der Waals surface area contributed by atoms with Crippen molar-refractivity contribution in [2.75, 3.05) is 0 Å². The Balaban J connectivity index is 0. The van der Waals surface area contributed by atoms with Crippen LogP contribution < -0.4 is 0 Å². The Bertz CT molecular complexity index is 8.75. The summed E-state index contributed by atoms with van der Waals surface area (Å²) in [4.78, 5) is 0. The first-order chi connectivity index (χ1) is 0. The molecule has 0 unspecified atom stereocenters. The predicted octanol–water partition coefficient (Wildman–Crippen LogP) is -1.53. The summed E-state index contributed by atoms with van der Waals surface area (Å²) >= 11 is 0. The van der Waals surface area contributed by atoms with Crippen LogP contribution >= 0.6 is 0 Å². The molecule has 0 aliphatic rings. The van der Waals surface area contributed by atoms with E-state index >= 15 is 0 Å². The summed E-state index contributed by atoms with van der Waals surface area (Å²) in [6, 6.07) is 0. The fourth-order valence-corrected chi connectivity index (χ4v) is 0. The van der Waals surface area contributed by atoms with Gasteiger partial charge in [-0.3, -0.25) is 0 Å². The second-order valence-electron chi connectivity index (χ2n) is 0. The maximum Gasteiger partial charge on any atom is 0 e. The third-order valence-corrected chi connectivity index (χ3v) is 0. The van der Waals surface area contributed by atoms with Crippen molar-refractivity contribution < 1.29 is 39.0 Å². The van der Waals surface area contributed by atoms with Crippen LogP contribution in [0.4, 0.5) is 0 Å². The molecule has 13 radical (unpaired) electrons. The van der Waals surface area contributed by atoms with E-state index in [1.165, 1.54) is 0 Å². The van der Waals surface area contributed by atoms with Crippen LogP contribution in [0.25, 0.3) is 0 Å². The Kier molecular flexibility index (Phi) is 449. The standard InChI is InChI=1S/3Al.Si.2Zn. The number of rotatable bonds is 0. The summed E-state index contributed by atoms with van der Waals surface area (Å²) < 4.78 is 0. The van der Waals surface area contributed by atoms with E-state index in [1.54, 1.807) is 0 Å². The van der Waals surface area contributed by atoms with Crippen LogP contribution in [0.2, 0.25) is 0 Å². The second-order valence-corrected chi connectivity index (χ2v) is 0. The van der Waals surface area contributed by atoms with Gasteiger partial charge in [0, 0.05) is 102 Å². The zero-order valence-electron chi connectivity index (χ0n) is 3.65. The molecule has 0 aromatic rings. The van der Waals surface area contributed by atoms with Gasteiger partial charge in [0.05, 0.1) is 0 Å². The average Bonchev–Trinajstić information content (AvgIpc) is 0. The number of hydrogen-bond acceptors (Lipinski definition) is 0. The zero-order chi connectivity index (χ0) is 0. The Hall–Kier alpha value is 3.06. The first-order valence-corrected chi connectivity index (χ1v) is 0. The maximum absolute atomic E-state index is 0. The largest absolute Gasteiger partial charge is 0 e. The van der Waals surface area contributed by atoms with Crippen molar-refractivity contribution in [3.8, 4) is 0 Å². The molecule has 0 aromatic heterocycles. The fourth-order valence-electron chi connectivity index (χ4n) is 0. The molecular weight excluding hydrogens is 240 g/mol. The van der Waals surface area contributed by atoms with Crippen molar-refractivity contribution in [1.29, 1.82) is 0 Å². The second kappa shape index (κ2) is 42.9. The molecule has 0 bridgehead atoms. The van der Waals surface area contributed by atoms with Gasteiger partial charge < -0.3 is 0 Å². The van der Waals surface area contributed by atoms with Crippen LogP contribution in [0.3, 0.4) is 0 Å². The molecule has 17 valence electrons. The smallest absolute Gasteiger partial charge is 0 e. The van der Waals surface area contributed by atoms with Crippen LogP contribution in [0.1, 0.15) is 0 Å². The Morgan fingerprint density at radius 1 is 0.500 bits per heavy atom. The Morgan fingerprint density at radius 2 is 0.500 bits per heavy atom. The summed E-state index contributed by atoms with van der Waals surface area (Å²) in [5, 5.41) is 0. The molecule has 0 saturated heterocycles. The fraction of sp³-hybridized carbons (Fsp3) is 0. The first-order valence-electron chi connectivity index (χ1n) is 0. The average molecular weight is 240 g/mol. The van der Waals surface area contributed by atoms with E-state index in [4.69, 9.17) is 0 Å². The van der Waals surface area contributed by atoms with Crippen LogP contribution in [0, 0.1) is 0 Å². The van der Waals surface area contributed by atoms with Gasteiger partial charge in [-0.05, 0) is 0 Å². The molecule has 0 N–H and O–H groups in total. The van der Waals surface area contributed by atoms with Crippen molar-refractivity contribution in [2.24, 2.45) is 0 Å². The quantitative estimate of drug-likeness (QED) is 0.450. The van der Waals surface area contributed by atoms with Gasteiger partial charge in [-0.2, -0.15) is 0 Å². The van der Waals surface area contributed by atoms with Crippen LogP contribution in [0.15, 0.2) is 0 Å². The minimum absolute atomic E-state index is 0.